The van der Waals surface area contributed by atoms with E-state index < -0.39 is 0 Å². The Balaban J connectivity index is 0.00000182. The fourth-order valence-electron chi connectivity index (χ4n) is 2.70. The average molecular weight is 374 g/mol. The second-order valence-electron chi connectivity index (χ2n) is 5.35. The van der Waals surface area contributed by atoms with Crippen LogP contribution in [0.3, 0.4) is 0 Å². The van der Waals surface area contributed by atoms with Crippen molar-refractivity contribution in [2.45, 2.75) is 19.3 Å². The molecule has 128 valence electrons. The minimum atomic E-state index is 0. The van der Waals surface area contributed by atoms with Crippen LogP contribution in [-0.2, 0) is 0 Å². The molecule has 4 heterocycles. The van der Waals surface area contributed by atoms with Gasteiger partial charge in [0.1, 0.15) is 16.9 Å². The molecule has 0 amide bonds. The summed E-state index contributed by atoms with van der Waals surface area (Å²) in [5.41, 5.74) is 7.17. The van der Waals surface area contributed by atoms with Gasteiger partial charge in [-0.3, -0.25) is 4.98 Å². The Morgan fingerprint density at radius 1 is 1.20 bits per heavy atom. The molecule has 0 spiro atoms. The molecule has 0 aliphatic rings. The lowest BCUT2D eigenvalue weighted by molar-refractivity contribution is 0.569. The molecule has 0 aromatic carbocycles. The number of halogens is 1. The molecular weight excluding hydrogens is 358 g/mol. The number of nitrogens with two attached hydrogens (primary N) is 1. The van der Waals surface area contributed by atoms with Crippen molar-refractivity contribution in [1.29, 1.82) is 0 Å². The Kier molecular flexibility index (Phi) is 4.96. The number of nitrogen functional groups attached to an aromatic ring is 1. The summed E-state index contributed by atoms with van der Waals surface area (Å²) in [4.78, 5) is 19.5. The maximum Gasteiger partial charge on any atom is 0.264 e. The first-order valence-corrected chi connectivity index (χ1v) is 8.45. The highest BCUT2D eigenvalue weighted by molar-refractivity contribution is 7.18. The van der Waals surface area contributed by atoms with E-state index in [9.17, 15) is 0 Å². The third-order valence-electron chi connectivity index (χ3n) is 3.86. The van der Waals surface area contributed by atoms with Crippen molar-refractivity contribution in [1.82, 2.24) is 19.9 Å². The number of nitrogens with zero attached hydrogens (tertiary/aromatic N) is 4. The number of anilines is 1. The van der Waals surface area contributed by atoms with Gasteiger partial charge in [-0.2, -0.15) is 0 Å². The number of pyridine rings is 1. The summed E-state index contributed by atoms with van der Waals surface area (Å²) < 4.78 is 5.27. The Hall–Kier alpha value is -2.51. The second kappa shape index (κ2) is 7.16. The zero-order chi connectivity index (χ0) is 16.5. The summed E-state index contributed by atoms with van der Waals surface area (Å²) in [6.45, 7) is 2.15. The van der Waals surface area contributed by atoms with E-state index in [1.807, 2.05) is 24.4 Å². The SMILES string of the molecule is CCC(c1ccccn1)c1cc2c(N)nc(-c3ncco3)nc2s1.Cl. The van der Waals surface area contributed by atoms with Gasteiger partial charge in [-0.25, -0.2) is 15.0 Å². The van der Waals surface area contributed by atoms with Gasteiger partial charge in [0.15, 0.2) is 0 Å². The molecule has 25 heavy (non-hydrogen) atoms. The van der Waals surface area contributed by atoms with Gasteiger partial charge in [0.25, 0.3) is 5.89 Å². The highest BCUT2D eigenvalue weighted by atomic mass is 35.5. The zero-order valence-electron chi connectivity index (χ0n) is 13.4. The molecule has 4 aromatic rings. The number of thiophene rings is 1. The lowest BCUT2D eigenvalue weighted by Gasteiger charge is -2.11. The molecule has 4 rings (SSSR count). The summed E-state index contributed by atoms with van der Waals surface area (Å²) in [5.74, 6) is 1.43. The Morgan fingerprint density at radius 3 is 2.76 bits per heavy atom. The molecule has 8 heteroatoms. The predicted octanol–water partition coefficient (Wildman–Crippen LogP) is 4.29. The number of hydrogen-bond donors (Lipinski definition) is 1. The molecule has 4 aromatic heterocycles. The van der Waals surface area contributed by atoms with Crippen LogP contribution in [0.5, 0.6) is 0 Å². The second-order valence-corrected chi connectivity index (χ2v) is 6.41. The standard InChI is InChI=1S/C17H15N5OS.ClH/c1-2-10(12-5-3-4-6-19-12)13-9-11-14(18)21-15(22-17(11)24-13)16-20-7-8-23-16;/h3-10H,2H2,1H3,(H2,18,21,22);1H. The van der Waals surface area contributed by atoms with Crippen molar-refractivity contribution in [2.24, 2.45) is 0 Å². The monoisotopic (exact) mass is 373 g/mol. The van der Waals surface area contributed by atoms with E-state index >= 15 is 0 Å². The molecule has 0 bridgehead atoms. The van der Waals surface area contributed by atoms with Gasteiger partial charge in [0.2, 0.25) is 5.82 Å². The Bertz CT molecular complexity index is 972. The number of fused-ring (bicyclic) bond motifs is 1. The highest BCUT2D eigenvalue weighted by Gasteiger charge is 2.19. The van der Waals surface area contributed by atoms with E-state index in [0.717, 1.165) is 22.3 Å². The minimum Gasteiger partial charge on any atom is -0.442 e. The van der Waals surface area contributed by atoms with Crippen molar-refractivity contribution < 1.29 is 4.42 Å². The van der Waals surface area contributed by atoms with Crippen LogP contribution >= 0.6 is 23.7 Å². The van der Waals surface area contributed by atoms with E-state index in [-0.39, 0.29) is 18.3 Å². The van der Waals surface area contributed by atoms with Crippen LogP contribution in [0, 0.1) is 0 Å². The lowest BCUT2D eigenvalue weighted by Crippen LogP contribution is -1.99. The summed E-state index contributed by atoms with van der Waals surface area (Å²) in [5, 5.41) is 0.861. The van der Waals surface area contributed by atoms with Crippen LogP contribution in [0.4, 0.5) is 5.82 Å². The van der Waals surface area contributed by atoms with Gasteiger partial charge in [-0.15, -0.1) is 23.7 Å². The van der Waals surface area contributed by atoms with E-state index in [1.54, 1.807) is 17.5 Å². The van der Waals surface area contributed by atoms with Gasteiger partial charge in [-0.1, -0.05) is 13.0 Å². The highest BCUT2D eigenvalue weighted by Crippen LogP contribution is 2.37. The lowest BCUT2D eigenvalue weighted by atomic mass is 9.99. The molecule has 0 aliphatic carbocycles. The first kappa shape index (κ1) is 17.3. The quantitative estimate of drug-likeness (QED) is 0.573. The Labute approximate surface area is 154 Å². The maximum atomic E-state index is 6.13. The Morgan fingerprint density at radius 2 is 2.08 bits per heavy atom. The number of oxazole rings is 1. The van der Waals surface area contributed by atoms with E-state index in [2.05, 4.69) is 32.9 Å². The first-order chi connectivity index (χ1) is 11.8. The van der Waals surface area contributed by atoms with Crippen LogP contribution in [0.1, 0.15) is 29.8 Å². The molecule has 0 aliphatic heterocycles. The third kappa shape index (κ3) is 3.20. The van der Waals surface area contributed by atoms with Crippen LogP contribution in [-0.4, -0.2) is 19.9 Å². The predicted molar refractivity (Wildman–Crippen MR) is 101 cm³/mol. The molecule has 0 radical (unpaired) electrons. The van der Waals surface area contributed by atoms with Gasteiger partial charge >= 0.3 is 0 Å². The van der Waals surface area contributed by atoms with Gasteiger partial charge in [0, 0.05) is 22.7 Å². The fraction of sp³-hybridized carbons (Fsp3) is 0.176. The van der Waals surface area contributed by atoms with Crippen molar-refractivity contribution in [2.75, 3.05) is 5.73 Å². The van der Waals surface area contributed by atoms with E-state index in [1.165, 1.54) is 11.1 Å². The molecule has 6 nitrogen and oxygen atoms in total. The van der Waals surface area contributed by atoms with Crippen LogP contribution in [0.15, 0.2) is 47.3 Å². The molecule has 0 saturated carbocycles. The summed E-state index contributed by atoms with van der Waals surface area (Å²) in [6, 6.07) is 8.05. The van der Waals surface area contributed by atoms with E-state index in [0.29, 0.717) is 17.5 Å². The third-order valence-corrected chi connectivity index (χ3v) is 5.00. The van der Waals surface area contributed by atoms with Crippen LogP contribution in [0.2, 0.25) is 0 Å². The van der Waals surface area contributed by atoms with Crippen molar-refractivity contribution >= 4 is 39.8 Å². The van der Waals surface area contributed by atoms with E-state index in [4.69, 9.17) is 10.2 Å². The normalized spacial score (nSPS) is 12.0. The van der Waals surface area contributed by atoms with Crippen molar-refractivity contribution in [3.63, 3.8) is 0 Å². The smallest absolute Gasteiger partial charge is 0.264 e. The number of aromatic nitrogens is 4. The van der Waals surface area contributed by atoms with Gasteiger partial charge < -0.3 is 10.2 Å². The van der Waals surface area contributed by atoms with Crippen molar-refractivity contribution in [3.05, 3.63) is 53.5 Å². The topological polar surface area (TPSA) is 90.7 Å². The molecule has 1 atom stereocenters. The first-order valence-electron chi connectivity index (χ1n) is 7.64. The average Bonchev–Trinajstić information content (AvgIpc) is 3.26. The molecule has 1 unspecified atom stereocenters. The summed E-state index contributed by atoms with van der Waals surface area (Å²) >= 11 is 1.61. The minimum absolute atomic E-state index is 0. The van der Waals surface area contributed by atoms with Gasteiger partial charge in [0.05, 0.1) is 11.6 Å². The molecule has 0 fully saturated rings. The van der Waals surface area contributed by atoms with Crippen LogP contribution < -0.4 is 5.73 Å². The number of rotatable bonds is 4. The molecular formula is C17H16ClN5OS. The summed E-state index contributed by atoms with van der Waals surface area (Å²) in [7, 11) is 0. The molecule has 0 saturated heterocycles. The van der Waals surface area contributed by atoms with Crippen LogP contribution in [0.25, 0.3) is 21.9 Å². The molecule has 2 N–H and O–H groups in total. The van der Waals surface area contributed by atoms with Gasteiger partial charge in [-0.05, 0) is 24.6 Å². The summed E-state index contributed by atoms with van der Waals surface area (Å²) in [6.07, 6.45) is 5.82. The number of hydrogen-bond acceptors (Lipinski definition) is 7. The largest absolute Gasteiger partial charge is 0.442 e. The maximum absolute atomic E-state index is 6.13. The fourth-order valence-corrected chi connectivity index (χ4v) is 3.94. The zero-order valence-corrected chi connectivity index (χ0v) is 15.0. The van der Waals surface area contributed by atoms with Crippen molar-refractivity contribution in [3.8, 4) is 11.7 Å².